The van der Waals surface area contributed by atoms with Gasteiger partial charge in [-0.05, 0) is 38.0 Å². The van der Waals surface area contributed by atoms with Crippen molar-refractivity contribution in [1.82, 2.24) is 24.8 Å². The van der Waals surface area contributed by atoms with Gasteiger partial charge in [0.05, 0.1) is 5.69 Å². The number of carbonyl (C=O) groups excluding carboxylic acids is 1. The maximum Gasteiger partial charge on any atom is 0.246 e. The number of rotatable bonds is 5. The Balaban J connectivity index is 1.43. The third-order valence-electron chi connectivity index (χ3n) is 4.74. The lowest BCUT2D eigenvalue weighted by Crippen LogP contribution is -2.26. The fourth-order valence-electron chi connectivity index (χ4n) is 3.34. The lowest BCUT2D eigenvalue weighted by atomic mass is 10.0. The number of hydrogen-bond donors (Lipinski definition) is 1. The minimum Gasteiger partial charge on any atom is -0.338 e. The third kappa shape index (κ3) is 4.83. The van der Waals surface area contributed by atoms with Gasteiger partial charge in [-0.1, -0.05) is 6.07 Å². The van der Waals surface area contributed by atoms with E-state index in [0.717, 1.165) is 40.0 Å². The van der Waals surface area contributed by atoms with Crippen molar-refractivity contribution in [3.63, 3.8) is 0 Å². The molecule has 4 heterocycles. The first-order valence-electron chi connectivity index (χ1n) is 9.49. The maximum atomic E-state index is 12.5. The highest BCUT2D eigenvalue weighted by Gasteiger charge is 2.27. The van der Waals surface area contributed by atoms with E-state index in [1.54, 1.807) is 35.9 Å². The zero-order valence-corrected chi connectivity index (χ0v) is 17.2. The van der Waals surface area contributed by atoms with E-state index in [0.29, 0.717) is 12.4 Å². The molecule has 29 heavy (non-hydrogen) atoms. The summed E-state index contributed by atoms with van der Waals surface area (Å²) in [7, 11) is 0. The molecule has 1 aliphatic rings. The Morgan fingerprint density at radius 3 is 2.97 bits per heavy atom. The minimum atomic E-state index is 0.0127. The molecule has 0 saturated carbocycles. The van der Waals surface area contributed by atoms with Crippen LogP contribution in [0.25, 0.3) is 6.08 Å². The van der Waals surface area contributed by atoms with E-state index in [1.165, 1.54) is 0 Å². The van der Waals surface area contributed by atoms with Crippen LogP contribution in [0, 0.1) is 13.8 Å². The van der Waals surface area contributed by atoms with Gasteiger partial charge in [-0.2, -0.15) is 0 Å². The molecular formula is C21H22N6OS. The summed E-state index contributed by atoms with van der Waals surface area (Å²) in [4.78, 5) is 33.0. The van der Waals surface area contributed by atoms with Crippen LogP contribution >= 0.6 is 11.3 Å². The molecule has 8 heteroatoms. The van der Waals surface area contributed by atoms with Crippen molar-refractivity contribution in [3.8, 4) is 0 Å². The molecule has 1 N–H and O–H groups in total. The number of likely N-dealkylation sites (tertiary alicyclic amines) is 1. The molecule has 0 radical (unpaired) electrons. The fourth-order valence-corrected chi connectivity index (χ4v) is 4.01. The van der Waals surface area contributed by atoms with E-state index in [-0.39, 0.29) is 11.8 Å². The number of nitrogens with one attached hydrogen (secondary N) is 1. The van der Waals surface area contributed by atoms with E-state index in [9.17, 15) is 4.79 Å². The Labute approximate surface area is 173 Å². The monoisotopic (exact) mass is 406 g/mol. The Morgan fingerprint density at radius 2 is 2.21 bits per heavy atom. The Morgan fingerprint density at radius 1 is 1.31 bits per heavy atom. The molecule has 1 unspecified atom stereocenters. The summed E-state index contributed by atoms with van der Waals surface area (Å²) in [6.45, 7) is 5.28. The standard InChI is InChI=1S/C21H22N6OS/c1-14-11-23-21(29-14)26-19-10-18(24-15(2)25-19)17-7-9-27(13-17)20(28)6-5-16-4-3-8-22-12-16/h3-6,8,10-12,17H,7,9,13H2,1-2H3,(H,23,24,25,26)/b6-5+. The topological polar surface area (TPSA) is 83.9 Å². The van der Waals surface area contributed by atoms with Crippen LogP contribution in [-0.4, -0.2) is 43.8 Å². The molecular weight excluding hydrogens is 384 g/mol. The third-order valence-corrected chi connectivity index (χ3v) is 5.56. The van der Waals surface area contributed by atoms with Crippen molar-refractivity contribution in [1.29, 1.82) is 0 Å². The van der Waals surface area contributed by atoms with Gasteiger partial charge in [0.1, 0.15) is 11.6 Å². The van der Waals surface area contributed by atoms with Crippen molar-refractivity contribution >= 4 is 34.3 Å². The molecule has 0 spiro atoms. The van der Waals surface area contributed by atoms with E-state index in [4.69, 9.17) is 0 Å². The number of amides is 1. The average Bonchev–Trinajstić information content (AvgIpc) is 3.36. The summed E-state index contributed by atoms with van der Waals surface area (Å²) in [6.07, 6.45) is 9.59. The summed E-state index contributed by atoms with van der Waals surface area (Å²) in [5.74, 6) is 1.66. The van der Waals surface area contributed by atoms with E-state index < -0.39 is 0 Å². The molecule has 0 bridgehead atoms. The summed E-state index contributed by atoms with van der Waals surface area (Å²) >= 11 is 1.59. The van der Waals surface area contributed by atoms with Gasteiger partial charge in [-0.3, -0.25) is 9.78 Å². The van der Waals surface area contributed by atoms with Crippen LogP contribution < -0.4 is 5.32 Å². The van der Waals surface area contributed by atoms with E-state index in [2.05, 4.69) is 25.3 Å². The number of carbonyl (C=O) groups is 1. The quantitative estimate of drug-likeness (QED) is 0.650. The van der Waals surface area contributed by atoms with Gasteiger partial charge in [0.25, 0.3) is 0 Å². The molecule has 1 amide bonds. The van der Waals surface area contributed by atoms with Gasteiger partial charge in [-0.15, -0.1) is 11.3 Å². The zero-order chi connectivity index (χ0) is 20.2. The SMILES string of the molecule is Cc1nc(Nc2ncc(C)s2)cc(C2CCN(C(=O)/C=C/c3cccnc3)C2)n1. The van der Waals surface area contributed by atoms with Gasteiger partial charge in [0, 0.05) is 54.6 Å². The molecule has 0 aliphatic carbocycles. The van der Waals surface area contributed by atoms with Crippen LogP contribution in [0.3, 0.4) is 0 Å². The second-order valence-corrected chi connectivity index (χ2v) is 8.25. The number of aromatic nitrogens is 4. The lowest BCUT2D eigenvalue weighted by molar-refractivity contribution is -0.124. The van der Waals surface area contributed by atoms with Crippen molar-refractivity contribution in [2.45, 2.75) is 26.2 Å². The van der Waals surface area contributed by atoms with Crippen LogP contribution in [0.4, 0.5) is 10.9 Å². The second kappa shape index (κ2) is 8.48. The predicted molar refractivity (Wildman–Crippen MR) is 114 cm³/mol. The molecule has 3 aromatic heterocycles. The smallest absolute Gasteiger partial charge is 0.246 e. The first kappa shape index (κ1) is 19.2. The first-order valence-corrected chi connectivity index (χ1v) is 10.3. The van der Waals surface area contributed by atoms with Gasteiger partial charge in [0.2, 0.25) is 5.91 Å². The lowest BCUT2D eigenvalue weighted by Gasteiger charge is -2.15. The number of hydrogen-bond acceptors (Lipinski definition) is 7. The molecule has 1 aliphatic heterocycles. The molecule has 4 rings (SSSR count). The fraction of sp³-hybridized carbons (Fsp3) is 0.286. The first-order chi connectivity index (χ1) is 14.1. The van der Waals surface area contributed by atoms with Crippen LogP contribution in [0.2, 0.25) is 0 Å². The van der Waals surface area contributed by atoms with Gasteiger partial charge >= 0.3 is 0 Å². The largest absolute Gasteiger partial charge is 0.338 e. The van der Waals surface area contributed by atoms with Gasteiger partial charge in [-0.25, -0.2) is 15.0 Å². The Kier molecular flexibility index (Phi) is 5.62. The number of nitrogens with zero attached hydrogens (tertiary/aromatic N) is 5. The summed E-state index contributed by atoms with van der Waals surface area (Å²) in [5, 5.41) is 4.08. The van der Waals surface area contributed by atoms with Crippen LogP contribution in [0.5, 0.6) is 0 Å². The van der Waals surface area contributed by atoms with Crippen molar-refractivity contribution in [3.05, 3.63) is 64.8 Å². The highest BCUT2D eigenvalue weighted by atomic mass is 32.1. The Bertz CT molecular complexity index is 1030. The normalized spacial score (nSPS) is 16.5. The Hall–Kier alpha value is -3.13. The van der Waals surface area contributed by atoms with Crippen LogP contribution in [0.1, 0.15) is 34.3 Å². The molecule has 7 nitrogen and oxygen atoms in total. The average molecular weight is 407 g/mol. The summed E-state index contributed by atoms with van der Waals surface area (Å²) in [5.41, 5.74) is 1.87. The second-order valence-electron chi connectivity index (χ2n) is 7.02. The number of thiazole rings is 1. The highest BCUT2D eigenvalue weighted by molar-refractivity contribution is 7.15. The molecule has 1 fully saturated rings. The van der Waals surface area contributed by atoms with Crippen molar-refractivity contribution in [2.24, 2.45) is 0 Å². The van der Waals surface area contributed by atoms with E-state index in [1.807, 2.05) is 43.1 Å². The van der Waals surface area contributed by atoms with Crippen LogP contribution in [-0.2, 0) is 4.79 Å². The zero-order valence-electron chi connectivity index (χ0n) is 16.4. The minimum absolute atomic E-state index is 0.0127. The number of pyridine rings is 1. The van der Waals surface area contributed by atoms with Gasteiger partial charge in [0.15, 0.2) is 5.13 Å². The maximum absolute atomic E-state index is 12.5. The van der Waals surface area contributed by atoms with Crippen LogP contribution in [0.15, 0.2) is 42.9 Å². The molecule has 1 atom stereocenters. The summed E-state index contributed by atoms with van der Waals surface area (Å²) < 4.78 is 0. The molecule has 0 aromatic carbocycles. The molecule has 1 saturated heterocycles. The van der Waals surface area contributed by atoms with E-state index >= 15 is 0 Å². The number of anilines is 2. The van der Waals surface area contributed by atoms with Gasteiger partial charge < -0.3 is 10.2 Å². The number of aryl methyl sites for hydroxylation is 2. The van der Waals surface area contributed by atoms with Crippen molar-refractivity contribution < 1.29 is 4.79 Å². The predicted octanol–water partition coefficient (Wildman–Crippen LogP) is 3.72. The molecule has 148 valence electrons. The van der Waals surface area contributed by atoms with Crippen molar-refractivity contribution in [2.75, 3.05) is 18.4 Å². The highest BCUT2D eigenvalue weighted by Crippen LogP contribution is 2.29. The summed E-state index contributed by atoms with van der Waals surface area (Å²) in [6, 6.07) is 5.74. The molecule has 3 aromatic rings.